The van der Waals surface area contributed by atoms with Gasteiger partial charge >= 0.3 is 5.97 Å². The molecule has 5 heteroatoms. The van der Waals surface area contributed by atoms with Gasteiger partial charge in [0.2, 0.25) is 0 Å². The Labute approximate surface area is 104 Å². The Morgan fingerprint density at radius 2 is 2.17 bits per heavy atom. The minimum absolute atomic E-state index is 0.0165. The zero-order valence-electron chi connectivity index (χ0n) is 10.0. The Morgan fingerprint density at radius 1 is 1.39 bits per heavy atom. The number of ether oxygens (including phenoxy) is 1. The molecule has 1 aromatic heterocycles. The second-order valence-corrected chi connectivity index (χ2v) is 3.76. The minimum Gasteiger partial charge on any atom is -0.497 e. The Hall–Kier alpha value is -2.43. The Bertz CT molecular complexity index is 597. The molecule has 0 unspecified atom stereocenters. The first-order valence-corrected chi connectivity index (χ1v) is 5.33. The number of aromatic nitrogens is 2. The smallest absolute Gasteiger partial charge is 0.354 e. The Morgan fingerprint density at radius 3 is 2.83 bits per heavy atom. The molecule has 2 rings (SSSR count). The lowest BCUT2D eigenvalue weighted by atomic mass is 10.2. The van der Waals surface area contributed by atoms with E-state index in [0.29, 0.717) is 17.1 Å². The van der Waals surface area contributed by atoms with Crippen molar-refractivity contribution in [2.75, 3.05) is 7.11 Å². The fourth-order valence-electron chi connectivity index (χ4n) is 1.56. The van der Waals surface area contributed by atoms with Crippen LogP contribution in [0, 0.1) is 6.92 Å². The van der Waals surface area contributed by atoms with Gasteiger partial charge in [0.1, 0.15) is 5.75 Å². The molecule has 0 amide bonds. The van der Waals surface area contributed by atoms with Crippen LogP contribution in [0.25, 0.3) is 11.4 Å². The van der Waals surface area contributed by atoms with Gasteiger partial charge in [0, 0.05) is 17.3 Å². The Balaban J connectivity index is 2.50. The summed E-state index contributed by atoms with van der Waals surface area (Å²) >= 11 is 0. The van der Waals surface area contributed by atoms with Crippen LogP contribution in [0.3, 0.4) is 0 Å². The number of carboxylic acids is 1. The summed E-state index contributed by atoms with van der Waals surface area (Å²) < 4.78 is 5.11. The number of carboxylic acid groups (broad SMARTS) is 1. The van der Waals surface area contributed by atoms with E-state index in [0.717, 1.165) is 5.56 Å². The quantitative estimate of drug-likeness (QED) is 0.895. The summed E-state index contributed by atoms with van der Waals surface area (Å²) in [5.74, 6) is -0.00973. The molecule has 18 heavy (non-hydrogen) atoms. The van der Waals surface area contributed by atoms with Gasteiger partial charge < -0.3 is 9.84 Å². The number of methoxy groups -OCH3 is 1. The van der Waals surface area contributed by atoms with Crippen LogP contribution in [-0.2, 0) is 0 Å². The molecule has 0 saturated carbocycles. The fourth-order valence-corrected chi connectivity index (χ4v) is 1.56. The largest absolute Gasteiger partial charge is 0.497 e. The van der Waals surface area contributed by atoms with Gasteiger partial charge in [-0.2, -0.15) is 0 Å². The molecule has 0 bridgehead atoms. The number of aryl methyl sites for hydroxylation is 1. The maximum atomic E-state index is 11.0. The number of hydrogen-bond donors (Lipinski definition) is 1. The third-order valence-corrected chi connectivity index (χ3v) is 2.50. The van der Waals surface area contributed by atoms with Gasteiger partial charge in [-0.15, -0.1) is 0 Å². The highest BCUT2D eigenvalue weighted by molar-refractivity contribution is 5.87. The molecule has 0 spiro atoms. The molecule has 0 aliphatic heterocycles. The number of hydrogen-bond acceptors (Lipinski definition) is 4. The summed E-state index contributed by atoms with van der Waals surface area (Å²) in [6.07, 6.45) is 1.51. The molecule has 0 atom stereocenters. The molecular formula is C13H12N2O3. The van der Waals surface area contributed by atoms with Gasteiger partial charge in [0.15, 0.2) is 11.5 Å². The zero-order chi connectivity index (χ0) is 13.1. The van der Waals surface area contributed by atoms with Gasteiger partial charge in [-0.25, -0.2) is 14.8 Å². The van der Waals surface area contributed by atoms with Crippen molar-refractivity contribution in [3.8, 4) is 17.1 Å². The summed E-state index contributed by atoms with van der Waals surface area (Å²) in [7, 11) is 1.57. The van der Waals surface area contributed by atoms with Crippen LogP contribution < -0.4 is 4.74 Å². The number of carbonyl (C=O) groups is 1. The molecule has 92 valence electrons. The molecule has 0 saturated heterocycles. The number of aromatic carboxylic acids is 1. The predicted octanol–water partition coefficient (Wildman–Crippen LogP) is 2.16. The minimum atomic E-state index is -1.06. The molecular weight excluding hydrogens is 232 g/mol. The summed E-state index contributed by atoms with van der Waals surface area (Å²) in [5.41, 5.74) is 1.27. The van der Waals surface area contributed by atoms with E-state index in [1.165, 1.54) is 6.20 Å². The second kappa shape index (κ2) is 4.83. The van der Waals surface area contributed by atoms with Gasteiger partial charge in [0.05, 0.1) is 7.11 Å². The van der Waals surface area contributed by atoms with Crippen LogP contribution in [0.4, 0.5) is 0 Å². The SMILES string of the molecule is COc1cccc(-c2ncc(C)c(C(=O)O)n2)c1. The molecule has 5 nitrogen and oxygen atoms in total. The van der Waals surface area contributed by atoms with Gasteiger partial charge in [0.25, 0.3) is 0 Å². The van der Waals surface area contributed by atoms with E-state index in [9.17, 15) is 4.79 Å². The molecule has 0 radical (unpaired) electrons. The molecule has 1 N–H and O–H groups in total. The topological polar surface area (TPSA) is 72.3 Å². The molecule has 0 fully saturated rings. The number of nitrogens with zero attached hydrogens (tertiary/aromatic N) is 2. The first-order chi connectivity index (χ1) is 8.61. The number of benzene rings is 1. The average Bonchev–Trinajstić information content (AvgIpc) is 2.39. The normalized spacial score (nSPS) is 10.1. The van der Waals surface area contributed by atoms with Crippen molar-refractivity contribution < 1.29 is 14.6 Å². The molecule has 1 heterocycles. The summed E-state index contributed by atoms with van der Waals surface area (Å²) in [5, 5.41) is 9.02. The Kier molecular flexibility index (Phi) is 3.23. The highest BCUT2D eigenvalue weighted by Gasteiger charge is 2.12. The summed E-state index contributed by atoms with van der Waals surface area (Å²) in [6.45, 7) is 1.67. The van der Waals surface area contributed by atoms with Crippen molar-refractivity contribution in [1.82, 2.24) is 9.97 Å². The van der Waals surface area contributed by atoms with E-state index in [-0.39, 0.29) is 5.69 Å². The van der Waals surface area contributed by atoms with E-state index in [4.69, 9.17) is 9.84 Å². The fraction of sp³-hybridized carbons (Fsp3) is 0.154. The van der Waals surface area contributed by atoms with Crippen LogP contribution in [0.2, 0.25) is 0 Å². The highest BCUT2D eigenvalue weighted by Crippen LogP contribution is 2.21. The third kappa shape index (κ3) is 2.29. The second-order valence-electron chi connectivity index (χ2n) is 3.76. The summed E-state index contributed by atoms with van der Waals surface area (Å²) in [4.78, 5) is 19.2. The van der Waals surface area contributed by atoms with Gasteiger partial charge in [-0.1, -0.05) is 12.1 Å². The van der Waals surface area contributed by atoms with Crippen LogP contribution in [-0.4, -0.2) is 28.2 Å². The molecule has 0 aliphatic carbocycles. The van der Waals surface area contributed by atoms with Crippen LogP contribution >= 0.6 is 0 Å². The monoisotopic (exact) mass is 244 g/mol. The van der Waals surface area contributed by atoms with Crippen LogP contribution in [0.15, 0.2) is 30.5 Å². The van der Waals surface area contributed by atoms with Crippen LogP contribution in [0.1, 0.15) is 16.1 Å². The lowest BCUT2D eigenvalue weighted by molar-refractivity contribution is 0.0689. The van der Waals surface area contributed by atoms with Gasteiger partial charge in [-0.05, 0) is 19.1 Å². The van der Waals surface area contributed by atoms with Crippen molar-refractivity contribution in [3.63, 3.8) is 0 Å². The highest BCUT2D eigenvalue weighted by atomic mass is 16.5. The van der Waals surface area contributed by atoms with E-state index in [1.807, 2.05) is 0 Å². The first kappa shape index (κ1) is 12.0. The molecule has 2 aromatic rings. The predicted molar refractivity (Wildman–Crippen MR) is 65.7 cm³/mol. The lowest BCUT2D eigenvalue weighted by Crippen LogP contribution is -2.05. The maximum Gasteiger partial charge on any atom is 0.354 e. The van der Waals surface area contributed by atoms with Crippen molar-refractivity contribution in [1.29, 1.82) is 0 Å². The van der Waals surface area contributed by atoms with Crippen molar-refractivity contribution in [2.24, 2.45) is 0 Å². The first-order valence-electron chi connectivity index (χ1n) is 5.33. The van der Waals surface area contributed by atoms with E-state index in [2.05, 4.69) is 9.97 Å². The van der Waals surface area contributed by atoms with Crippen LogP contribution in [0.5, 0.6) is 5.75 Å². The lowest BCUT2D eigenvalue weighted by Gasteiger charge is -2.05. The van der Waals surface area contributed by atoms with E-state index >= 15 is 0 Å². The van der Waals surface area contributed by atoms with E-state index < -0.39 is 5.97 Å². The standard InChI is InChI=1S/C13H12N2O3/c1-8-7-14-12(15-11(8)13(16)17)9-4-3-5-10(6-9)18-2/h3-7H,1-2H3,(H,16,17). The zero-order valence-corrected chi connectivity index (χ0v) is 10.0. The maximum absolute atomic E-state index is 11.0. The van der Waals surface area contributed by atoms with E-state index in [1.54, 1.807) is 38.3 Å². The molecule has 1 aromatic carbocycles. The average molecular weight is 244 g/mol. The van der Waals surface area contributed by atoms with Crippen molar-refractivity contribution in [3.05, 3.63) is 41.7 Å². The third-order valence-electron chi connectivity index (χ3n) is 2.50. The van der Waals surface area contributed by atoms with Crippen molar-refractivity contribution >= 4 is 5.97 Å². The van der Waals surface area contributed by atoms with Gasteiger partial charge in [-0.3, -0.25) is 0 Å². The summed E-state index contributed by atoms with van der Waals surface area (Å²) in [6, 6.07) is 7.17. The number of rotatable bonds is 3. The van der Waals surface area contributed by atoms with Crippen molar-refractivity contribution in [2.45, 2.75) is 6.92 Å². The molecule has 0 aliphatic rings.